The average Bonchev–Trinajstić information content (AvgIpc) is 3.30. The van der Waals surface area contributed by atoms with Gasteiger partial charge in [-0.15, -0.1) is 0 Å². The van der Waals surface area contributed by atoms with Crippen molar-refractivity contribution in [2.75, 3.05) is 26.3 Å². The van der Waals surface area contributed by atoms with Crippen molar-refractivity contribution in [1.82, 2.24) is 4.90 Å². The fourth-order valence-corrected chi connectivity index (χ4v) is 5.54. The molecule has 3 aromatic carbocycles. The van der Waals surface area contributed by atoms with Crippen LogP contribution in [-0.4, -0.2) is 43.9 Å². The van der Waals surface area contributed by atoms with Crippen LogP contribution >= 0.6 is 0 Å². The number of rotatable bonds is 10. The summed E-state index contributed by atoms with van der Waals surface area (Å²) in [5, 5.41) is 0. The second-order valence-corrected chi connectivity index (χ2v) is 9.90. The van der Waals surface area contributed by atoms with Crippen molar-refractivity contribution in [2.45, 2.75) is 44.8 Å². The Morgan fingerprint density at radius 2 is 1.59 bits per heavy atom. The molecule has 3 aromatic rings. The summed E-state index contributed by atoms with van der Waals surface area (Å²) < 4.78 is 61.6. The lowest BCUT2D eigenvalue weighted by Gasteiger charge is -2.19. The molecule has 206 valence electrons. The molecule has 1 atom stereocenters. The van der Waals surface area contributed by atoms with Gasteiger partial charge in [0.15, 0.2) is 5.75 Å². The Balaban J connectivity index is 1.46. The van der Waals surface area contributed by atoms with Crippen molar-refractivity contribution in [1.29, 1.82) is 0 Å². The maximum absolute atomic E-state index is 13.0. The van der Waals surface area contributed by atoms with E-state index in [1.54, 1.807) is 36.4 Å². The van der Waals surface area contributed by atoms with Crippen LogP contribution in [0, 0.1) is 0 Å². The molecule has 0 N–H and O–H groups in total. The fourth-order valence-electron chi connectivity index (χ4n) is 5.54. The van der Waals surface area contributed by atoms with Crippen LogP contribution < -0.4 is 14.4 Å². The summed E-state index contributed by atoms with van der Waals surface area (Å²) in [6, 6.07) is 19.8. The normalized spacial score (nSPS) is 17.7. The lowest BCUT2D eigenvalue weighted by molar-refractivity contribution is -0.0498. The number of aryl methyl sites for hydroxylation is 1. The van der Waals surface area contributed by atoms with Gasteiger partial charge in [-0.1, -0.05) is 30.3 Å². The molecule has 0 bridgehead atoms. The first-order chi connectivity index (χ1) is 19.0. The van der Waals surface area contributed by atoms with E-state index in [9.17, 15) is 17.7 Å². The average molecular weight is 542 g/mol. The molecule has 4 nitrogen and oxygen atoms in total. The first-order valence-electron chi connectivity index (χ1n) is 13.3. The highest BCUT2D eigenvalue weighted by Crippen LogP contribution is 2.41. The highest BCUT2D eigenvalue weighted by molar-refractivity contribution is 6.00. The summed E-state index contributed by atoms with van der Waals surface area (Å²) in [5.74, 6) is 1.03. The van der Waals surface area contributed by atoms with Crippen LogP contribution in [0.1, 0.15) is 47.9 Å². The molecule has 1 fully saturated rings. The van der Waals surface area contributed by atoms with Crippen LogP contribution in [0.4, 0.5) is 17.7 Å². The molecule has 0 saturated carbocycles. The highest BCUT2D eigenvalue weighted by atomic mass is 19.3. The van der Waals surface area contributed by atoms with Crippen molar-refractivity contribution in [3.8, 4) is 17.2 Å². The number of hydrogen-bond donors (Lipinski definition) is 0. The molecular formula is C31H31F4NO3. The van der Waals surface area contributed by atoms with E-state index in [0.717, 1.165) is 84.5 Å². The van der Waals surface area contributed by atoms with E-state index in [0.29, 0.717) is 6.42 Å². The van der Waals surface area contributed by atoms with Crippen molar-refractivity contribution < 1.29 is 32.1 Å². The van der Waals surface area contributed by atoms with Crippen molar-refractivity contribution in [3.63, 3.8) is 0 Å². The van der Waals surface area contributed by atoms with Gasteiger partial charge in [0.25, 0.3) is 0 Å². The number of fused-ring (bicyclic) bond motifs is 1. The second kappa shape index (κ2) is 12.6. The maximum atomic E-state index is 13.0. The molecule has 1 saturated heterocycles. The number of hydrogen-bond acceptors (Lipinski definition) is 4. The monoisotopic (exact) mass is 541 g/mol. The van der Waals surface area contributed by atoms with Crippen LogP contribution in [0.3, 0.4) is 0 Å². The summed E-state index contributed by atoms with van der Waals surface area (Å²) >= 11 is 0. The topological polar surface area (TPSA) is 30.9 Å². The Bertz CT molecular complexity index is 1280. The summed E-state index contributed by atoms with van der Waals surface area (Å²) in [6.07, 6.45) is 3.84. The van der Waals surface area contributed by atoms with Crippen LogP contribution in [0.15, 0.2) is 66.7 Å². The predicted molar refractivity (Wildman–Crippen MR) is 143 cm³/mol. The van der Waals surface area contributed by atoms with Crippen molar-refractivity contribution in [3.05, 3.63) is 89.0 Å². The van der Waals surface area contributed by atoms with Gasteiger partial charge in [-0.05, 0) is 102 Å². The third kappa shape index (κ3) is 6.56. The summed E-state index contributed by atoms with van der Waals surface area (Å²) in [6.45, 7) is -0.752. The van der Waals surface area contributed by atoms with E-state index in [1.807, 2.05) is 30.3 Å². The molecule has 1 aliphatic carbocycles. The second-order valence-electron chi connectivity index (χ2n) is 9.90. The molecule has 0 spiro atoms. The standard InChI is InChI=1S/C31H31F4NO3/c32-16-2-17-36-18-15-27(20-36)37-24-11-7-22(8-12-24)30-28(21-5-9-25(10-6-21)38-31(33)34)4-1-3-23-19-26(39-35)13-14-29(23)30/h5-14,19,27,31H,1-4,15-18,20H2/t27-/m0/s1. The van der Waals surface area contributed by atoms with Crippen LogP contribution in [0.25, 0.3) is 11.1 Å². The van der Waals surface area contributed by atoms with Gasteiger partial charge in [0.05, 0.1) is 6.67 Å². The zero-order valence-corrected chi connectivity index (χ0v) is 21.6. The lowest BCUT2D eigenvalue weighted by Crippen LogP contribution is -2.26. The van der Waals surface area contributed by atoms with Gasteiger partial charge in [0.2, 0.25) is 0 Å². The van der Waals surface area contributed by atoms with E-state index in [4.69, 9.17) is 4.74 Å². The van der Waals surface area contributed by atoms with Crippen molar-refractivity contribution in [2.24, 2.45) is 0 Å². The van der Waals surface area contributed by atoms with Crippen LogP contribution in [-0.2, 0) is 6.42 Å². The molecule has 0 aromatic heterocycles. The number of ether oxygens (including phenoxy) is 2. The molecule has 1 heterocycles. The maximum Gasteiger partial charge on any atom is 0.387 e. The lowest BCUT2D eigenvalue weighted by atomic mass is 9.88. The molecule has 1 aliphatic heterocycles. The fraction of sp³-hybridized carbons (Fsp3) is 0.355. The third-order valence-corrected chi connectivity index (χ3v) is 7.32. The number of alkyl halides is 3. The third-order valence-electron chi connectivity index (χ3n) is 7.32. The van der Waals surface area contributed by atoms with Crippen molar-refractivity contribution >= 4 is 11.1 Å². The Hall–Kier alpha value is -3.52. The van der Waals surface area contributed by atoms with E-state index >= 15 is 0 Å². The van der Waals surface area contributed by atoms with E-state index in [1.165, 1.54) is 0 Å². The summed E-state index contributed by atoms with van der Waals surface area (Å²) in [7, 11) is 0. The van der Waals surface area contributed by atoms with Crippen LogP contribution in [0.2, 0.25) is 0 Å². The number of nitrogens with zero attached hydrogens (tertiary/aromatic N) is 1. The smallest absolute Gasteiger partial charge is 0.387 e. The molecule has 5 rings (SSSR count). The quantitative estimate of drug-likeness (QED) is 0.247. The number of likely N-dealkylation sites (tertiary alicyclic amines) is 1. The first kappa shape index (κ1) is 27.1. The largest absolute Gasteiger partial charge is 0.489 e. The van der Waals surface area contributed by atoms with Gasteiger partial charge in [0, 0.05) is 24.2 Å². The SMILES string of the molecule is FCCCN1CC[C@H](Oc2ccc(C3=C(c4ccc(OC(F)F)cc4)CCCc4cc(OF)ccc43)cc2)C1. The van der Waals surface area contributed by atoms with Gasteiger partial charge in [-0.3, -0.25) is 14.2 Å². The van der Waals surface area contributed by atoms with E-state index < -0.39 is 6.61 Å². The minimum absolute atomic E-state index is 0.0666. The van der Waals surface area contributed by atoms with Gasteiger partial charge in [0.1, 0.15) is 17.6 Å². The molecule has 39 heavy (non-hydrogen) atoms. The Labute approximate surface area is 225 Å². The zero-order valence-electron chi connectivity index (χ0n) is 21.6. The molecular weight excluding hydrogens is 510 g/mol. The first-order valence-corrected chi connectivity index (χ1v) is 13.3. The Morgan fingerprint density at radius 3 is 2.31 bits per heavy atom. The van der Waals surface area contributed by atoms with Gasteiger partial charge >= 0.3 is 6.61 Å². The minimum atomic E-state index is -2.88. The molecule has 0 unspecified atom stereocenters. The number of halogens is 4. The van der Waals surface area contributed by atoms with E-state index in [2.05, 4.69) is 14.6 Å². The molecule has 8 heteroatoms. The van der Waals surface area contributed by atoms with Gasteiger partial charge in [-0.2, -0.15) is 8.78 Å². The van der Waals surface area contributed by atoms with Crippen LogP contribution in [0.5, 0.6) is 17.2 Å². The number of benzene rings is 3. The minimum Gasteiger partial charge on any atom is -0.489 e. The predicted octanol–water partition coefficient (Wildman–Crippen LogP) is 7.66. The van der Waals surface area contributed by atoms with E-state index in [-0.39, 0.29) is 24.3 Å². The zero-order chi connectivity index (χ0) is 27.2. The summed E-state index contributed by atoms with van der Waals surface area (Å²) in [5.41, 5.74) is 5.90. The molecule has 0 amide bonds. The Kier molecular flexibility index (Phi) is 8.71. The van der Waals surface area contributed by atoms with Gasteiger partial charge in [-0.25, -0.2) is 0 Å². The molecule has 0 radical (unpaired) electrons. The van der Waals surface area contributed by atoms with Gasteiger partial charge < -0.3 is 9.47 Å². The number of allylic oxidation sites excluding steroid dienone is 1. The Morgan fingerprint density at radius 1 is 0.872 bits per heavy atom. The summed E-state index contributed by atoms with van der Waals surface area (Å²) in [4.78, 5) is 6.22. The molecule has 2 aliphatic rings. The highest BCUT2D eigenvalue weighted by Gasteiger charge is 2.24.